The summed E-state index contributed by atoms with van der Waals surface area (Å²) in [5, 5.41) is 6.51. The first-order chi connectivity index (χ1) is 12.3. The van der Waals surface area contributed by atoms with Crippen molar-refractivity contribution in [3.63, 3.8) is 0 Å². The summed E-state index contributed by atoms with van der Waals surface area (Å²) < 4.78 is 20.0. The van der Waals surface area contributed by atoms with Crippen LogP contribution in [0.3, 0.4) is 0 Å². The highest BCUT2D eigenvalue weighted by Crippen LogP contribution is 2.20. The Balaban J connectivity index is 2.02. The topological polar surface area (TPSA) is 51.8 Å². The second-order valence-corrected chi connectivity index (χ2v) is 5.96. The van der Waals surface area contributed by atoms with Gasteiger partial charge in [0.25, 0.3) is 0 Å². The molecular weight excluding hydrogens is 339 g/mol. The zero-order chi connectivity index (χ0) is 17.5. The number of hydrogen-bond acceptors (Lipinski definition) is 5. The Bertz CT molecular complexity index is 901. The number of rotatable bonds is 6. The van der Waals surface area contributed by atoms with E-state index < -0.39 is 0 Å². The number of pyridine rings is 1. The van der Waals surface area contributed by atoms with Crippen LogP contribution in [0.2, 0.25) is 0 Å². The van der Waals surface area contributed by atoms with Gasteiger partial charge in [0.05, 0.1) is 25.1 Å². The van der Waals surface area contributed by atoms with Crippen molar-refractivity contribution in [1.29, 1.82) is 0 Å². The molecule has 0 radical (unpaired) electrons. The maximum Gasteiger partial charge on any atom is 0.206 e. The second-order valence-electron chi connectivity index (χ2n) is 5.13. The van der Waals surface area contributed by atoms with E-state index in [0.29, 0.717) is 13.2 Å². The van der Waals surface area contributed by atoms with Gasteiger partial charge in [-0.15, -0.1) is 11.3 Å². The van der Waals surface area contributed by atoms with Crippen molar-refractivity contribution in [3.05, 3.63) is 70.4 Å². The fourth-order valence-corrected chi connectivity index (χ4v) is 3.01. The summed E-state index contributed by atoms with van der Waals surface area (Å²) in [6.45, 7) is 1.08. The molecule has 3 aromatic rings. The summed E-state index contributed by atoms with van der Waals surface area (Å²) in [6, 6.07) is 10.1. The molecule has 25 heavy (non-hydrogen) atoms. The molecule has 0 saturated heterocycles. The molecule has 0 bridgehead atoms. The highest BCUT2D eigenvalue weighted by molar-refractivity contribution is 7.07. The monoisotopic (exact) mass is 356 g/mol. The van der Waals surface area contributed by atoms with E-state index in [1.165, 1.54) is 23.5 Å². The molecule has 0 aliphatic carbocycles. The van der Waals surface area contributed by atoms with Gasteiger partial charge in [0.1, 0.15) is 5.82 Å². The van der Waals surface area contributed by atoms with Crippen LogP contribution in [0.1, 0.15) is 5.56 Å². The minimum Gasteiger partial charge on any atom is -0.383 e. The van der Waals surface area contributed by atoms with Crippen molar-refractivity contribution in [2.75, 3.05) is 20.3 Å². The summed E-state index contributed by atoms with van der Waals surface area (Å²) in [7, 11) is 1.64. The molecule has 0 N–H and O–H groups in total. The predicted octanol–water partition coefficient (Wildman–Crippen LogP) is 3.18. The Morgan fingerprint density at radius 1 is 1.28 bits per heavy atom. The van der Waals surface area contributed by atoms with E-state index in [2.05, 4.69) is 15.1 Å². The van der Waals surface area contributed by atoms with Gasteiger partial charge in [-0.1, -0.05) is 6.07 Å². The SMILES string of the molecule is COCCN=c1scc(-c2ccc(F)cc2)n1/N=C/c1cccnc1. The molecule has 1 aromatic carbocycles. The molecule has 0 atom stereocenters. The number of methoxy groups -OCH3 is 1. The first-order valence-corrected chi connectivity index (χ1v) is 8.56. The van der Waals surface area contributed by atoms with Crippen LogP contribution >= 0.6 is 11.3 Å². The lowest BCUT2D eigenvalue weighted by Gasteiger charge is -2.03. The summed E-state index contributed by atoms with van der Waals surface area (Å²) in [5.41, 5.74) is 2.60. The van der Waals surface area contributed by atoms with E-state index in [-0.39, 0.29) is 5.82 Å². The van der Waals surface area contributed by atoms with E-state index in [9.17, 15) is 4.39 Å². The molecule has 3 rings (SSSR count). The first-order valence-electron chi connectivity index (χ1n) is 7.68. The Kier molecular flexibility index (Phi) is 5.81. The zero-order valence-electron chi connectivity index (χ0n) is 13.7. The highest BCUT2D eigenvalue weighted by Gasteiger charge is 2.07. The maximum absolute atomic E-state index is 13.2. The zero-order valence-corrected chi connectivity index (χ0v) is 14.5. The first kappa shape index (κ1) is 17.2. The normalized spacial score (nSPS) is 12.2. The number of aromatic nitrogens is 2. The molecule has 5 nitrogen and oxygen atoms in total. The summed E-state index contributed by atoms with van der Waals surface area (Å²) in [6.07, 6.45) is 5.17. The average Bonchev–Trinajstić information content (AvgIpc) is 3.04. The van der Waals surface area contributed by atoms with Crippen molar-refractivity contribution in [2.45, 2.75) is 0 Å². The Morgan fingerprint density at radius 2 is 2.12 bits per heavy atom. The summed E-state index contributed by atoms with van der Waals surface area (Å²) in [4.78, 5) is 9.35. The molecule has 0 saturated carbocycles. The van der Waals surface area contributed by atoms with Gasteiger partial charge in [-0.3, -0.25) is 9.98 Å². The quantitative estimate of drug-likeness (QED) is 0.503. The number of benzene rings is 1. The predicted molar refractivity (Wildman–Crippen MR) is 97.2 cm³/mol. The van der Waals surface area contributed by atoms with E-state index in [0.717, 1.165) is 21.6 Å². The Hall–Kier alpha value is -2.64. The smallest absolute Gasteiger partial charge is 0.206 e. The average molecular weight is 356 g/mol. The van der Waals surface area contributed by atoms with Crippen molar-refractivity contribution >= 4 is 17.6 Å². The van der Waals surface area contributed by atoms with Crippen molar-refractivity contribution in [2.24, 2.45) is 10.1 Å². The molecule has 0 aliphatic heterocycles. The minimum atomic E-state index is -0.269. The molecule has 0 spiro atoms. The van der Waals surface area contributed by atoms with Crippen LogP contribution in [0.4, 0.5) is 4.39 Å². The molecule has 2 aromatic heterocycles. The van der Waals surface area contributed by atoms with Crippen LogP contribution < -0.4 is 4.80 Å². The van der Waals surface area contributed by atoms with Gasteiger partial charge in [-0.2, -0.15) is 5.10 Å². The summed E-state index contributed by atoms with van der Waals surface area (Å²) in [5.74, 6) is -0.269. The number of nitrogens with zero attached hydrogens (tertiary/aromatic N) is 4. The lowest BCUT2D eigenvalue weighted by molar-refractivity contribution is 0.207. The minimum absolute atomic E-state index is 0.269. The maximum atomic E-state index is 13.2. The van der Waals surface area contributed by atoms with Gasteiger partial charge in [0.2, 0.25) is 4.80 Å². The Labute approximate surface area is 148 Å². The van der Waals surface area contributed by atoms with E-state index >= 15 is 0 Å². The number of ether oxygens (including phenoxy) is 1. The molecule has 0 aliphatic rings. The van der Waals surface area contributed by atoms with Gasteiger partial charge in [-0.05, 0) is 30.3 Å². The molecule has 0 unspecified atom stereocenters. The lowest BCUT2D eigenvalue weighted by Crippen LogP contribution is -2.13. The van der Waals surface area contributed by atoms with Crippen LogP contribution in [0.25, 0.3) is 11.3 Å². The van der Waals surface area contributed by atoms with E-state index in [1.54, 1.807) is 42.5 Å². The summed E-state index contributed by atoms with van der Waals surface area (Å²) >= 11 is 1.48. The van der Waals surface area contributed by atoms with Gasteiger partial charge < -0.3 is 4.74 Å². The molecule has 0 fully saturated rings. The third-order valence-corrected chi connectivity index (χ3v) is 4.23. The Morgan fingerprint density at radius 3 is 2.84 bits per heavy atom. The van der Waals surface area contributed by atoms with Crippen molar-refractivity contribution < 1.29 is 9.13 Å². The molecular formula is C18H17FN4OS. The van der Waals surface area contributed by atoms with Crippen LogP contribution in [-0.4, -0.2) is 36.1 Å². The number of hydrogen-bond donors (Lipinski definition) is 0. The van der Waals surface area contributed by atoms with Crippen molar-refractivity contribution in [1.82, 2.24) is 9.66 Å². The van der Waals surface area contributed by atoms with Crippen LogP contribution in [0, 0.1) is 5.82 Å². The van der Waals surface area contributed by atoms with Crippen LogP contribution in [-0.2, 0) is 4.74 Å². The fraction of sp³-hybridized carbons (Fsp3) is 0.167. The molecule has 0 amide bonds. The largest absolute Gasteiger partial charge is 0.383 e. The van der Waals surface area contributed by atoms with Crippen molar-refractivity contribution in [3.8, 4) is 11.3 Å². The fourth-order valence-electron chi connectivity index (χ4n) is 2.15. The molecule has 7 heteroatoms. The van der Waals surface area contributed by atoms with E-state index in [4.69, 9.17) is 4.74 Å². The van der Waals surface area contributed by atoms with Gasteiger partial charge in [-0.25, -0.2) is 9.07 Å². The second kappa shape index (κ2) is 8.46. The molecule has 2 heterocycles. The van der Waals surface area contributed by atoms with Gasteiger partial charge in [0, 0.05) is 36.0 Å². The number of halogens is 1. The van der Waals surface area contributed by atoms with Crippen LogP contribution in [0.15, 0.2) is 64.3 Å². The van der Waals surface area contributed by atoms with E-state index in [1.807, 2.05) is 17.5 Å². The third-order valence-electron chi connectivity index (χ3n) is 3.37. The van der Waals surface area contributed by atoms with Gasteiger partial charge in [0.15, 0.2) is 0 Å². The number of thiazole rings is 1. The van der Waals surface area contributed by atoms with Gasteiger partial charge >= 0.3 is 0 Å². The standard InChI is InChI=1S/C18H17FN4OS/c1-24-10-9-21-18-23(22-12-14-3-2-8-20-11-14)17(13-25-18)15-4-6-16(19)7-5-15/h2-8,11-13H,9-10H2,1H3/b21-18?,22-12+. The third kappa shape index (κ3) is 4.46. The highest BCUT2D eigenvalue weighted by atomic mass is 32.1. The van der Waals surface area contributed by atoms with Crippen LogP contribution in [0.5, 0.6) is 0 Å². The molecule has 128 valence electrons. The lowest BCUT2D eigenvalue weighted by atomic mass is 10.2.